The third-order valence-corrected chi connectivity index (χ3v) is 3.63. The van der Waals surface area contributed by atoms with E-state index in [1.165, 1.54) is 0 Å². The fourth-order valence-electron chi connectivity index (χ4n) is 2.51. The first-order valence-corrected chi connectivity index (χ1v) is 7.53. The summed E-state index contributed by atoms with van der Waals surface area (Å²) >= 11 is 0. The summed E-state index contributed by atoms with van der Waals surface area (Å²) < 4.78 is 0. The highest BCUT2D eigenvalue weighted by molar-refractivity contribution is 6.02. The average molecular weight is 338 g/mol. The number of hydrogen-bond donors (Lipinski definition) is 1. The molecule has 120 valence electrons. The van der Waals surface area contributed by atoms with Gasteiger partial charge in [0.15, 0.2) is 5.84 Å². The fourth-order valence-corrected chi connectivity index (χ4v) is 2.51. The minimum Gasteiger partial charge on any atom is -0.259 e. The lowest BCUT2D eigenvalue weighted by Gasteiger charge is -2.27. The number of amidine groups is 1. The smallest absolute Gasteiger partial charge is 0.176 e. The van der Waals surface area contributed by atoms with Gasteiger partial charge >= 0.3 is 0 Å². The Morgan fingerprint density at radius 2 is 1.12 bits per heavy atom. The Morgan fingerprint density at radius 3 is 1.71 bits per heavy atom. The number of anilines is 2. The molecule has 0 aromatic heterocycles. The van der Waals surface area contributed by atoms with E-state index in [1.807, 2.05) is 101 Å². The molecule has 0 atom stereocenters. The van der Waals surface area contributed by atoms with E-state index in [0.717, 1.165) is 22.8 Å². The number of nitrogens with zero attached hydrogens (tertiary/aromatic N) is 3. The van der Waals surface area contributed by atoms with Gasteiger partial charge in [-0.05, 0) is 24.3 Å². The van der Waals surface area contributed by atoms with E-state index in [0.29, 0.717) is 0 Å². The lowest BCUT2D eigenvalue weighted by atomic mass is 10.2. The maximum absolute atomic E-state index is 4.75. The molecule has 24 heavy (non-hydrogen) atoms. The lowest BCUT2D eigenvalue weighted by Crippen LogP contribution is -2.44. The summed E-state index contributed by atoms with van der Waals surface area (Å²) in [6, 6.07) is 30.3. The van der Waals surface area contributed by atoms with Crippen molar-refractivity contribution in [1.29, 1.82) is 0 Å². The summed E-state index contributed by atoms with van der Waals surface area (Å²) in [5, 5.41) is 8.57. The van der Waals surface area contributed by atoms with Crippen molar-refractivity contribution in [2.24, 2.45) is 5.10 Å². The Kier molecular flexibility index (Phi) is 4.68. The number of halogens is 1. The number of benzene rings is 3. The predicted molar refractivity (Wildman–Crippen MR) is 96.7 cm³/mol. The standard InChI is InChI=1S/C19H16N4.ClH2/c1-4-10-16(11-5-1)19-20-22(17-12-6-2-7-13-17)23(21-19)18-14-8-3-9-15-18;/h1-15H,(H,20,21);1H2/q;+1. The maximum atomic E-state index is 4.75. The molecule has 0 saturated carbocycles. The van der Waals surface area contributed by atoms with Crippen LogP contribution in [0.4, 0.5) is 11.4 Å². The molecule has 0 amide bonds. The minimum atomic E-state index is 0. The number of hydrogen-bond acceptors (Lipinski definition) is 4. The highest BCUT2D eigenvalue weighted by atomic mass is 35.5. The largest absolute Gasteiger partial charge is 0.259 e. The highest BCUT2D eigenvalue weighted by Crippen LogP contribution is 2.25. The van der Waals surface area contributed by atoms with Gasteiger partial charge in [0.05, 0.1) is 23.8 Å². The van der Waals surface area contributed by atoms with Crippen molar-refractivity contribution < 1.29 is 12.4 Å². The average Bonchev–Trinajstić information content (AvgIpc) is 3.09. The van der Waals surface area contributed by atoms with Gasteiger partial charge in [0.1, 0.15) is 0 Å². The van der Waals surface area contributed by atoms with Gasteiger partial charge in [-0.25, -0.2) is 0 Å². The van der Waals surface area contributed by atoms with E-state index in [1.54, 1.807) is 0 Å². The first-order chi connectivity index (χ1) is 11.4. The van der Waals surface area contributed by atoms with Crippen LogP contribution in [0.1, 0.15) is 5.56 Å². The molecule has 1 heterocycles. The molecule has 0 aliphatic carbocycles. The van der Waals surface area contributed by atoms with Gasteiger partial charge in [0.2, 0.25) is 0 Å². The second-order valence-electron chi connectivity index (χ2n) is 5.20. The minimum absolute atomic E-state index is 0. The van der Waals surface area contributed by atoms with Crippen LogP contribution in [0, 0.1) is 12.4 Å². The van der Waals surface area contributed by atoms with E-state index >= 15 is 0 Å². The van der Waals surface area contributed by atoms with Gasteiger partial charge in [0.25, 0.3) is 0 Å². The van der Waals surface area contributed by atoms with Crippen LogP contribution in [0.3, 0.4) is 0 Å². The Hall–Kier alpha value is -2.98. The van der Waals surface area contributed by atoms with E-state index in [4.69, 9.17) is 5.10 Å². The normalized spacial score (nSPS) is 13.1. The van der Waals surface area contributed by atoms with Crippen molar-refractivity contribution in [3.05, 3.63) is 96.6 Å². The summed E-state index contributed by atoms with van der Waals surface area (Å²) in [4.78, 5) is 0. The van der Waals surface area contributed by atoms with Gasteiger partial charge in [-0.15, -0.1) is 5.10 Å². The summed E-state index contributed by atoms with van der Waals surface area (Å²) in [6.45, 7) is 0. The van der Waals surface area contributed by atoms with Crippen LogP contribution < -0.4 is 15.7 Å². The van der Waals surface area contributed by atoms with Crippen molar-refractivity contribution in [1.82, 2.24) is 5.43 Å². The van der Waals surface area contributed by atoms with Gasteiger partial charge in [-0.2, -0.15) is 10.2 Å². The van der Waals surface area contributed by atoms with E-state index < -0.39 is 0 Å². The summed E-state index contributed by atoms with van der Waals surface area (Å²) in [7, 11) is 0. The van der Waals surface area contributed by atoms with Crippen molar-refractivity contribution >= 4 is 17.2 Å². The predicted octanol–water partition coefficient (Wildman–Crippen LogP) is 3.26. The molecule has 0 unspecified atom stereocenters. The zero-order chi connectivity index (χ0) is 15.5. The van der Waals surface area contributed by atoms with Crippen LogP contribution in [-0.4, -0.2) is 5.84 Å². The molecule has 0 radical (unpaired) electrons. The first-order valence-electron chi connectivity index (χ1n) is 7.53. The third-order valence-electron chi connectivity index (χ3n) is 3.63. The van der Waals surface area contributed by atoms with Gasteiger partial charge in [-0.1, -0.05) is 66.7 Å². The molecule has 0 spiro atoms. The number of rotatable bonds is 3. The van der Waals surface area contributed by atoms with Gasteiger partial charge in [-0.3, -0.25) is 5.43 Å². The van der Waals surface area contributed by atoms with Gasteiger partial charge in [0, 0.05) is 5.56 Å². The van der Waals surface area contributed by atoms with Crippen molar-refractivity contribution in [2.75, 3.05) is 10.2 Å². The monoisotopic (exact) mass is 337 g/mol. The molecule has 3 aromatic rings. The lowest BCUT2D eigenvalue weighted by molar-refractivity contribution is -0.00000453. The van der Waals surface area contributed by atoms with Crippen LogP contribution in [-0.2, 0) is 0 Å². The van der Waals surface area contributed by atoms with Gasteiger partial charge < -0.3 is 0 Å². The van der Waals surface area contributed by atoms with Crippen LogP contribution in [0.25, 0.3) is 0 Å². The third kappa shape index (κ3) is 3.05. The summed E-state index contributed by atoms with van der Waals surface area (Å²) in [5.74, 6) is 0.818. The summed E-state index contributed by atoms with van der Waals surface area (Å²) in [5.41, 5.74) is 6.44. The zero-order valence-electron chi connectivity index (χ0n) is 12.9. The second-order valence-corrected chi connectivity index (χ2v) is 5.20. The number of nitrogens with one attached hydrogen (secondary N) is 1. The van der Waals surface area contributed by atoms with E-state index in [-0.39, 0.29) is 12.4 Å². The highest BCUT2D eigenvalue weighted by Gasteiger charge is 2.25. The number of hydrazone groups is 1. The topological polar surface area (TPSA) is 30.9 Å². The number of para-hydroxylation sites is 2. The fraction of sp³-hybridized carbons (Fsp3) is 0. The molecule has 4 rings (SSSR count). The molecule has 0 saturated heterocycles. The quantitative estimate of drug-likeness (QED) is 0.796. The molecule has 1 N–H and O–H groups in total. The molecule has 0 fully saturated rings. The first kappa shape index (κ1) is 15.9. The molecule has 5 heteroatoms. The molecule has 1 aliphatic rings. The van der Waals surface area contributed by atoms with Crippen molar-refractivity contribution in [3.8, 4) is 0 Å². The molecule has 1 aliphatic heterocycles. The Bertz CT molecular complexity index is 807. The van der Waals surface area contributed by atoms with Crippen LogP contribution in [0.2, 0.25) is 0 Å². The Labute approximate surface area is 147 Å². The van der Waals surface area contributed by atoms with Crippen LogP contribution in [0.15, 0.2) is 96.1 Å². The van der Waals surface area contributed by atoms with Crippen LogP contribution >= 0.6 is 0 Å². The molecular formula is C19H18ClN4+. The van der Waals surface area contributed by atoms with Crippen LogP contribution in [0.5, 0.6) is 0 Å². The SMILES string of the molecule is [ClH2+].c1ccc(C2=NN(c3ccccc3)N(c3ccccc3)N2)cc1. The molecule has 4 nitrogen and oxygen atoms in total. The van der Waals surface area contributed by atoms with E-state index in [9.17, 15) is 0 Å². The molecule has 3 aromatic carbocycles. The Morgan fingerprint density at radius 1 is 0.625 bits per heavy atom. The van der Waals surface area contributed by atoms with Crippen molar-refractivity contribution in [2.45, 2.75) is 0 Å². The molecule has 0 bridgehead atoms. The van der Waals surface area contributed by atoms with E-state index in [2.05, 4.69) is 5.43 Å². The Balaban J connectivity index is 0.00000169. The second kappa shape index (κ2) is 7.06. The number of hydrazine groups is 2. The van der Waals surface area contributed by atoms with Crippen molar-refractivity contribution in [3.63, 3.8) is 0 Å². The summed E-state index contributed by atoms with van der Waals surface area (Å²) in [6.07, 6.45) is 0. The maximum Gasteiger partial charge on any atom is 0.176 e. The molecular weight excluding hydrogens is 320 g/mol. The zero-order valence-corrected chi connectivity index (χ0v) is 13.8.